The number of rotatable bonds is 8. The Labute approximate surface area is 163 Å². The molecule has 5 heteroatoms. The molecular weight excluding hydrogens is 357 g/mol. The average Bonchev–Trinajstić information content (AvgIpc) is 2.73. The summed E-state index contributed by atoms with van der Waals surface area (Å²) in [4.78, 5) is 12.2. The molecule has 0 saturated heterocycles. The number of carbonyl (C=O) groups excluding carboxylic acids is 1. The molecule has 0 aromatic heterocycles. The minimum absolute atomic E-state index is 0.235. The van der Waals surface area contributed by atoms with Gasteiger partial charge in [0.15, 0.2) is 6.10 Å². The van der Waals surface area contributed by atoms with E-state index in [9.17, 15) is 9.18 Å². The topological polar surface area (TPSA) is 47.6 Å². The van der Waals surface area contributed by atoms with Crippen LogP contribution in [0.4, 0.5) is 4.39 Å². The molecule has 0 spiro atoms. The number of amides is 1. The van der Waals surface area contributed by atoms with Gasteiger partial charge in [0.1, 0.15) is 23.9 Å². The first-order valence-corrected chi connectivity index (χ1v) is 9.06. The molecule has 0 fully saturated rings. The number of hydrogen-bond donors (Lipinski definition) is 1. The number of benzene rings is 3. The Hall–Kier alpha value is -3.34. The van der Waals surface area contributed by atoms with Gasteiger partial charge in [-0.25, -0.2) is 4.39 Å². The fraction of sp³-hybridized carbons (Fsp3) is 0.174. The highest BCUT2D eigenvalue weighted by molar-refractivity contribution is 5.80. The first kappa shape index (κ1) is 19.4. The van der Waals surface area contributed by atoms with E-state index >= 15 is 0 Å². The highest BCUT2D eigenvalue weighted by Crippen LogP contribution is 2.14. The molecule has 1 unspecified atom stereocenters. The summed E-state index contributed by atoms with van der Waals surface area (Å²) in [6.07, 6.45) is -0.677. The predicted molar refractivity (Wildman–Crippen MR) is 106 cm³/mol. The summed E-state index contributed by atoms with van der Waals surface area (Å²) in [5, 5.41) is 2.84. The van der Waals surface area contributed by atoms with Gasteiger partial charge in [0.25, 0.3) is 5.91 Å². The van der Waals surface area contributed by atoms with E-state index in [1.165, 1.54) is 24.3 Å². The quantitative estimate of drug-likeness (QED) is 0.627. The van der Waals surface area contributed by atoms with Crippen LogP contribution in [0.1, 0.15) is 18.1 Å². The minimum atomic E-state index is -0.677. The highest BCUT2D eigenvalue weighted by atomic mass is 19.1. The molecule has 28 heavy (non-hydrogen) atoms. The predicted octanol–water partition coefficient (Wildman–Crippen LogP) is 4.49. The zero-order valence-electron chi connectivity index (χ0n) is 15.6. The average molecular weight is 379 g/mol. The molecular formula is C23H22FNO3. The third-order valence-corrected chi connectivity index (χ3v) is 4.13. The summed E-state index contributed by atoms with van der Waals surface area (Å²) in [6, 6.07) is 23.1. The molecule has 0 bridgehead atoms. The Morgan fingerprint density at radius 3 is 2.21 bits per heavy atom. The van der Waals surface area contributed by atoms with Crippen LogP contribution in [-0.2, 0) is 17.9 Å². The van der Waals surface area contributed by atoms with Gasteiger partial charge < -0.3 is 14.8 Å². The van der Waals surface area contributed by atoms with Gasteiger partial charge in [-0.1, -0.05) is 42.5 Å². The smallest absolute Gasteiger partial charge is 0.261 e. The maximum Gasteiger partial charge on any atom is 0.261 e. The van der Waals surface area contributed by atoms with Crippen molar-refractivity contribution in [1.29, 1.82) is 0 Å². The third-order valence-electron chi connectivity index (χ3n) is 4.13. The molecule has 0 saturated carbocycles. The van der Waals surface area contributed by atoms with Gasteiger partial charge in [0.2, 0.25) is 0 Å². The van der Waals surface area contributed by atoms with E-state index in [4.69, 9.17) is 9.47 Å². The van der Waals surface area contributed by atoms with Gasteiger partial charge in [0, 0.05) is 6.54 Å². The molecule has 3 aromatic rings. The Bertz CT molecular complexity index is 880. The van der Waals surface area contributed by atoms with Crippen LogP contribution in [0.3, 0.4) is 0 Å². The van der Waals surface area contributed by atoms with Crippen LogP contribution in [0, 0.1) is 5.82 Å². The van der Waals surface area contributed by atoms with Gasteiger partial charge in [-0.3, -0.25) is 4.79 Å². The number of para-hydroxylation sites is 1. The third kappa shape index (κ3) is 5.84. The normalized spacial score (nSPS) is 11.5. The first-order chi connectivity index (χ1) is 13.6. The largest absolute Gasteiger partial charge is 0.489 e. The number of carbonyl (C=O) groups is 1. The van der Waals surface area contributed by atoms with Crippen LogP contribution in [0.15, 0.2) is 78.9 Å². The van der Waals surface area contributed by atoms with Crippen molar-refractivity contribution in [2.45, 2.75) is 26.2 Å². The summed E-state index contributed by atoms with van der Waals surface area (Å²) >= 11 is 0. The second kappa shape index (κ2) is 9.55. The van der Waals surface area contributed by atoms with Crippen LogP contribution < -0.4 is 14.8 Å². The van der Waals surface area contributed by atoms with Gasteiger partial charge >= 0.3 is 0 Å². The maximum absolute atomic E-state index is 12.9. The Balaban J connectivity index is 1.44. The zero-order chi connectivity index (χ0) is 19.8. The number of nitrogens with one attached hydrogen (secondary N) is 1. The lowest BCUT2D eigenvalue weighted by Crippen LogP contribution is -2.35. The molecule has 0 aliphatic rings. The van der Waals surface area contributed by atoms with E-state index in [1.807, 2.05) is 54.6 Å². The second-order valence-corrected chi connectivity index (χ2v) is 6.35. The monoisotopic (exact) mass is 379 g/mol. The molecule has 0 aliphatic carbocycles. The van der Waals surface area contributed by atoms with E-state index in [0.717, 1.165) is 16.9 Å². The Morgan fingerprint density at radius 1 is 0.893 bits per heavy atom. The van der Waals surface area contributed by atoms with Crippen molar-refractivity contribution in [3.63, 3.8) is 0 Å². The first-order valence-electron chi connectivity index (χ1n) is 9.06. The second-order valence-electron chi connectivity index (χ2n) is 6.35. The summed E-state index contributed by atoms with van der Waals surface area (Å²) in [5.41, 5.74) is 2.03. The Kier molecular flexibility index (Phi) is 6.63. The fourth-order valence-electron chi connectivity index (χ4n) is 2.54. The van der Waals surface area contributed by atoms with Gasteiger partial charge in [-0.2, -0.15) is 0 Å². The van der Waals surface area contributed by atoms with Crippen LogP contribution in [0.2, 0.25) is 0 Å². The lowest BCUT2D eigenvalue weighted by atomic mass is 10.1. The standard InChI is InChI=1S/C23H22FNO3/c1-17(28-22-13-11-20(24)12-14-22)23(26)25-15-18-7-9-19(10-8-18)16-27-21-5-3-2-4-6-21/h2-14,17H,15-16H2,1H3,(H,25,26). The van der Waals surface area contributed by atoms with Crippen molar-refractivity contribution in [3.05, 3.63) is 95.8 Å². The van der Waals surface area contributed by atoms with Crippen LogP contribution >= 0.6 is 0 Å². The summed E-state index contributed by atoms with van der Waals surface area (Å²) in [5.74, 6) is 0.698. The Morgan fingerprint density at radius 2 is 1.54 bits per heavy atom. The molecule has 1 atom stereocenters. The van der Waals surface area contributed by atoms with E-state index < -0.39 is 6.10 Å². The maximum atomic E-state index is 12.9. The fourth-order valence-corrected chi connectivity index (χ4v) is 2.54. The van der Waals surface area contributed by atoms with Crippen molar-refractivity contribution < 1.29 is 18.7 Å². The lowest BCUT2D eigenvalue weighted by molar-refractivity contribution is -0.127. The van der Waals surface area contributed by atoms with E-state index in [2.05, 4.69) is 5.32 Å². The van der Waals surface area contributed by atoms with Gasteiger partial charge in [-0.05, 0) is 54.4 Å². The van der Waals surface area contributed by atoms with Crippen molar-refractivity contribution in [1.82, 2.24) is 5.32 Å². The highest BCUT2D eigenvalue weighted by Gasteiger charge is 2.14. The number of hydrogen-bond acceptors (Lipinski definition) is 3. The molecule has 1 amide bonds. The molecule has 0 heterocycles. The van der Waals surface area contributed by atoms with E-state index in [1.54, 1.807) is 6.92 Å². The molecule has 1 N–H and O–H groups in total. The molecule has 144 valence electrons. The van der Waals surface area contributed by atoms with Crippen LogP contribution in [-0.4, -0.2) is 12.0 Å². The van der Waals surface area contributed by atoms with Gasteiger partial charge in [-0.15, -0.1) is 0 Å². The van der Waals surface area contributed by atoms with Crippen molar-refractivity contribution in [2.24, 2.45) is 0 Å². The minimum Gasteiger partial charge on any atom is -0.489 e. The van der Waals surface area contributed by atoms with E-state index in [-0.39, 0.29) is 11.7 Å². The van der Waals surface area contributed by atoms with Crippen LogP contribution in [0.5, 0.6) is 11.5 Å². The lowest BCUT2D eigenvalue weighted by Gasteiger charge is -2.15. The summed E-state index contributed by atoms with van der Waals surface area (Å²) < 4.78 is 24.1. The number of ether oxygens (including phenoxy) is 2. The van der Waals surface area contributed by atoms with Crippen molar-refractivity contribution in [3.8, 4) is 11.5 Å². The van der Waals surface area contributed by atoms with E-state index in [0.29, 0.717) is 18.9 Å². The molecule has 4 nitrogen and oxygen atoms in total. The molecule has 3 rings (SSSR count). The van der Waals surface area contributed by atoms with Crippen molar-refractivity contribution >= 4 is 5.91 Å². The van der Waals surface area contributed by atoms with Gasteiger partial charge in [0.05, 0.1) is 0 Å². The molecule has 0 aliphatic heterocycles. The summed E-state index contributed by atoms with van der Waals surface area (Å²) in [6.45, 7) is 2.54. The van der Waals surface area contributed by atoms with Crippen molar-refractivity contribution in [2.75, 3.05) is 0 Å². The molecule has 0 radical (unpaired) electrons. The van der Waals surface area contributed by atoms with Crippen LogP contribution in [0.25, 0.3) is 0 Å². The summed E-state index contributed by atoms with van der Waals surface area (Å²) in [7, 11) is 0. The number of halogens is 1. The zero-order valence-corrected chi connectivity index (χ0v) is 15.6. The SMILES string of the molecule is CC(Oc1ccc(F)cc1)C(=O)NCc1ccc(COc2ccccc2)cc1. The molecule has 3 aromatic carbocycles.